The zero-order valence-corrected chi connectivity index (χ0v) is 24.9. The third kappa shape index (κ3) is 13.4. The van der Waals surface area contributed by atoms with E-state index in [2.05, 4.69) is 52.0 Å². The van der Waals surface area contributed by atoms with Gasteiger partial charge in [-0.3, -0.25) is 0 Å². The summed E-state index contributed by atoms with van der Waals surface area (Å²) in [6.07, 6.45) is 23.0. The molecule has 0 saturated heterocycles. The third-order valence-corrected chi connectivity index (χ3v) is 15.1. The Hall–Kier alpha value is -0.346. The van der Waals surface area contributed by atoms with E-state index in [1.807, 2.05) is 10.4 Å². The molecule has 0 amide bonds. The van der Waals surface area contributed by atoms with E-state index in [1.54, 1.807) is 24.2 Å². The van der Waals surface area contributed by atoms with Crippen LogP contribution in [0, 0.1) is 0 Å². The number of rotatable bonds is 22. The number of unbranched alkanes of at least 4 members (excludes halogenated alkanes) is 12. The lowest BCUT2D eigenvalue weighted by Crippen LogP contribution is -2.48. The predicted molar refractivity (Wildman–Crippen MR) is 156 cm³/mol. The second kappa shape index (κ2) is 21.2. The van der Waals surface area contributed by atoms with Crippen LogP contribution in [0.25, 0.3) is 0 Å². The van der Waals surface area contributed by atoms with Crippen LogP contribution >= 0.6 is 0 Å². The average Bonchev–Trinajstić information content (AvgIpc) is 2.82. The van der Waals surface area contributed by atoms with Crippen LogP contribution in [-0.2, 0) is 0 Å². The Balaban J connectivity index is 2.95. The first-order valence-electron chi connectivity index (χ1n) is 14.9. The van der Waals surface area contributed by atoms with Crippen LogP contribution in [0.3, 0.4) is 0 Å². The van der Waals surface area contributed by atoms with Crippen molar-refractivity contribution in [2.45, 2.75) is 155 Å². The molecule has 186 valence electrons. The first-order valence-corrected chi connectivity index (χ1v) is 19.3. The van der Waals surface area contributed by atoms with Gasteiger partial charge in [0.25, 0.3) is 0 Å². The lowest BCUT2D eigenvalue weighted by Gasteiger charge is -2.25. The van der Waals surface area contributed by atoms with Crippen molar-refractivity contribution in [1.29, 1.82) is 0 Å². The highest BCUT2D eigenvalue weighted by molar-refractivity contribution is 6.84. The zero-order chi connectivity index (χ0) is 23.3. The van der Waals surface area contributed by atoms with Crippen molar-refractivity contribution in [2.75, 3.05) is 0 Å². The number of benzene rings is 1. The van der Waals surface area contributed by atoms with Crippen molar-refractivity contribution in [3.05, 3.63) is 24.3 Å². The van der Waals surface area contributed by atoms with Gasteiger partial charge in [-0.2, -0.15) is 0 Å². The van der Waals surface area contributed by atoms with E-state index in [0.29, 0.717) is 0 Å². The molecule has 0 saturated carbocycles. The molecule has 0 fully saturated rings. The van der Waals surface area contributed by atoms with Crippen molar-refractivity contribution < 1.29 is 0 Å². The highest BCUT2D eigenvalue weighted by Crippen LogP contribution is 2.17. The van der Waals surface area contributed by atoms with Crippen LogP contribution in [0.1, 0.15) is 130 Å². The Bertz CT molecular complexity index is 456. The summed E-state index contributed by atoms with van der Waals surface area (Å²) in [5, 5.41) is 3.87. The van der Waals surface area contributed by atoms with Crippen molar-refractivity contribution >= 4 is 28.0 Å². The molecular weight excluding hydrogens is 417 g/mol. The van der Waals surface area contributed by atoms with Gasteiger partial charge in [0.2, 0.25) is 0 Å². The quantitative estimate of drug-likeness (QED) is 0.116. The minimum atomic E-state index is -0.833. The van der Waals surface area contributed by atoms with E-state index in [1.165, 1.54) is 103 Å². The first kappa shape index (κ1) is 29.7. The van der Waals surface area contributed by atoms with Gasteiger partial charge in [0, 0.05) is 0 Å². The van der Waals surface area contributed by atoms with Gasteiger partial charge in [0.05, 0.1) is 17.6 Å². The molecule has 0 aliphatic rings. The van der Waals surface area contributed by atoms with E-state index in [4.69, 9.17) is 0 Å². The lowest BCUT2D eigenvalue weighted by atomic mass is 10.2. The summed E-state index contributed by atoms with van der Waals surface area (Å²) < 4.78 is 0. The molecule has 2 heteroatoms. The Morgan fingerprint density at radius 2 is 0.688 bits per heavy atom. The maximum absolute atomic E-state index is 2.62. The summed E-state index contributed by atoms with van der Waals surface area (Å²) in [7, 11) is -1.67. The molecule has 32 heavy (non-hydrogen) atoms. The number of hydrogen-bond acceptors (Lipinski definition) is 0. The molecule has 0 unspecified atom stereocenters. The molecule has 1 aromatic carbocycles. The monoisotopic (exact) mass is 474 g/mol. The Labute approximate surface area is 206 Å². The van der Waals surface area contributed by atoms with Gasteiger partial charge in [-0.1, -0.05) is 189 Å². The summed E-state index contributed by atoms with van der Waals surface area (Å²) in [5.74, 6) is 0. The summed E-state index contributed by atoms with van der Waals surface area (Å²) in [6.45, 7) is 9.40. The second-order valence-electron chi connectivity index (χ2n) is 10.4. The lowest BCUT2D eigenvalue weighted by molar-refractivity contribution is 0.686. The van der Waals surface area contributed by atoms with Gasteiger partial charge in [0.1, 0.15) is 0 Å². The van der Waals surface area contributed by atoms with Gasteiger partial charge in [-0.25, -0.2) is 0 Å². The molecule has 0 bridgehead atoms. The second-order valence-corrected chi connectivity index (χ2v) is 16.8. The largest absolute Gasteiger partial charge is 0.0706 e. The van der Waals surface area contributed by atoms with E-state index in [9.17, 15) is 0 Å². The van der Waals surface area contributed by atoms with Gasteiger partial charge >= 0.3 is 0 Å². The van der Waals surface area contributed by atoms with E-state index in [0.717, 1.165) is 0 Å². The standard InChI is InChI=1S/C30H58Si2/c1-5-9-13-19-25-31(26-20-14-10-6-2)29-23-17-18-24-30(29)32(27-21-15-11-7-3)28-22-16-12-8-4/h17-18,23-24,31-32H,5-16,19-22,25-28H2,1-4H3. The molecule has 0 spiro atoms. The molecule has 0 aromatic heterocycles. The molecule has 1 rings (SSSR count). The van der Waals surface area contributed by atoms with E-state index >= 15 is 0 Å². The SMILES string of the molecule is CCCCCC[SiH](CCCCCC)c1ccccc1[SiH](CCCCCC)CCCCCC. The smallest absolute Gasteiger partial charge is 0.0654 e. The summed E-state index contributed by atoms with van der Waals surface area (Å²) in [5.41, 5.74) is 0. The van der Waals surface area contributed by atoms with Crippen LogP contribution in [0.15, 0.2) is 24.3 Å². The molecule has 1 aromatic rings. The van der Waals surface area contributed by atoms with Crippen LogP contribution in [-0.4, -0.2) is 17.6 Å². The molecule has 0 aliphatic carbocycles. The van der Waals surface area contributed by atoms with E-state index in [-0.39, 0.29) is 0 Å². The van der Waals surface area contributed by atoms with Gasteiger partial charge < -0.3 is 0 Å². The van der Waals surface area contributed by atoms with E-state index < -0.39 is 17.6 Å². The fraction of sp³-hybridized carbons (Fsp3) is 0.800. The van der Waals surface area contributed by atoms with Crippen LogP contribution < -0.4 is 10.4 Å². The highest BCUT2D eigenvalue weighted by atomic mass is 28.3. The Kier molecular flexibility index (Phi) is 19.7. The number of hydrogen-bond donors (Lipinski definition) is 0. The molecule has 0 N–H and O–H groups in total. The van der Waals surface area contributed by atoms with Crippen molar-refractivity contribution in [1.82, 2.24) is 0 Å². The van der Waals surface area contributed by atoms with Crippen molar-refractivity contribution in [3.8, 4) is 0 Å². The van der Waals surface area contributed by atoms with Crippen LogP contribution in [0.4, 0.5) is 0 Å². The molecular formula is C30H58Si2. The molecule has 0 heterocycles. The Morgan fingerprint density at radius 1 is 0.406 bits per heavy atom. The Morgan fingerprint density at radius 3 is 0.938 bits per heavy atom. The summed E-state index contributed by atoms with van der Waals surface area (Å²) >= 11 is 0. The van der Waals surface area contributed by atoms with Gasteiger partial charge in [-0.05, 0) is 0 Å². The minimum Gasteiger partial charge on any atom is -0.0654 e. The average molecular weight is 475 g/mol. The highest BCUT2D eigenvalue weighted by Gasteiger charge is 2.22. The normalized spacial score (nSPS) is 11.7. The topological polar surface area (TPSA) is 0 Å². The maximum atomic E-state index is 2.62. The van der Waals surface area contributed by atoms with Gasteiger partial charge in [0.15, 0.2) is 0 Å². The molecule has 0 atom stereocenters. The molecule has 0 radical (unpaired) electrons. The van der Waals surface area contributed by atoms with Crippen molar-refractivity contribution in [3.63, 3.8) is 0 Å². The van der Waals surface area contributed by atoms with Gasteiger partial charge in [-0.15, -0.1) is 0 Å². The third-order valence-electron chi connectivity index (χ3n) is 7.50. The fourth-order valence-corrected chi connectivity index (χ4v) is 13.7. The zero-order valence-electron chi connectivity index (χ0n) is 22.6. The summed E-state index contributed by atoms with van der Waals surface area (Å²) in [4.78, 5) is 0. The first-order chi connectivity index (χ1) is 15.8. The van der Waals surface area contributed by atoms with Crippen LogP contribution in [0.5, 0.6) is 0 Å². The predicted octanol–water partition coefficient (Wildman–Crippen LogP) is 8.88. The molecule has 0 nitrogen and oxygen atoms in total. The molecule has 0 aliphatic heterocycles. The fourth-order valence-electron chi connectivity index (χ4n) is 5.44. The maximum Gasteiger partial charge on any atom is 0.0706 e. The van der Waals surface area contributed by atoms with Crippen molar-refractivity contribution in [2.24, 2.45) is 0 Å². The summed E-state index contributed by atoms with van der Waals surface area (Å²) in [6, 6.07) is 16.3. The minimum absolute atomic E-state index is 0.833. The van der Waals surface area contributed by atoms with Crippen LogP contribution in [0.2, 0.25) is 24.2 Å².